The Bertz CT molecular complexity index is 134. The van der Waals surface area contributed by atoms with E-state index < -0.39 is 0 Å². The zero-order chi connectivity index (χ0) is 7.28. The number of terminal acetylenes is 1. The second kappa shape index (κ2) is 4.34. The average molecular weight is 141 g/mol. The van der Waals surface area contributed by atoms with Gasteiger partial charge in [-0.15, -0.1) is 12.3 Å². The summed E-state index contributed by atoms with van der Waals surface area (Å²) in [5, 5.41) is -0.197. The van der Waals surface area contributed by atoms with Gasteiger partial charge in [-0.1, -0.05) is 6.92 Å². The fourth-order valence-corrected chi connectivity index (χ4v) is 0.536. The summed E-state index contributed by atoms with van der Waals surface area (Å²) in [6.45, 7) is 1.90. The smallest absolute Gasteiger partial charge is 0.218 e. The van der Waals surface area contributed by atoms with E-state index in [1.54, 1.807) is 0 Å². The van der Waals surface area contributed by atoms with Crippen LogP contribution in [0.2, 0.25) is 0 Å². The second-order valence-electron chi connectivity index (χ2n) is 1.98. The molecule has 49 valence electrons. The molecule has 0 saturated heterocycles. The van der Waals surface area contributed by atoms with Gasteiger partial charge in [0.1, 0.15) is 0 Å². The van der Waals surface area contributed by atoms with Gasteiger partial charge in [0.2, 0.25) is 5.12 Å². The summed E-state index contributed by atoms with van der Waals surface area (Å²) in [6, 6.07) is 0. The molecule has 1 unspecified atom stereocenters. The highest BCUT2D eigenvalue weighted by molar-refractivity contribution is 7.96. The fraction of sp³-hybridized carbons (Fsp3) is 0.571. The molecular formula is C7H9OS. The van der Waals surface area contributed by atoms with Crippen molar-refractivity contribution in [1.29, 1.82) is 0 Å². The molecule has 0 aliphatic carbocycles. The maximum Gasteiger partial charge on any atom is 0.218 e. The van der Waals surface area contributed by atoms with Crippen molar-refractivity contribution in [3.05, 3.63) is 0 Å². The quantitative estimate of drug-likeness (QED) is 0.547. The third kappa shape index (κ3) is 5.32. The van der Waals surface area contributed by atoms with Crippen molar-refractivity contribution in [3.63, 3.8) is 0 Å². The van der Waals surface area contributed by atoms with Gasteiger partial charge < -0.3 is 0 Å². The molecule has 1 atom stereocenters. The van der Waals surface area contributed by atoms with E-state index in [4.69, 9.17) is 6.42 Å². The molecule has 0 spiro atoms. The predicted octanol–water partition coefficient (Wildman–Crippen LogP) is 1.76. The third-order valence-electron chi connectivity index (χ3n) is 1.07. The van der Waals surface area contributed by atoms with Gasteiger partial charge in [0.15, 0.2) is 0 Å². The Balaban J connectivity index is 3.30. The molecule has 0 aliphatic rings. The predicted molar refractivity (Wildman–Crippen MR) is 39.8 cm³/mol. The minimum atomic E-state index is -0.197. The first kappa shape index (κ1) is 8.45. The van der Waals surface area contributed by atoms with Crippen molar-refractivity contribution in [2.75, 3.05) is 0 Å². The summed E-state index contributed by atoms with van der Waals surface area (Å²) in [4.78, 5) is 10.2. The number of rotatable bonds is 3. The first-order valence-electron chi connectivity index (χ1n) is 2.82. The Morgan fingerprint density at radius 2 is 2.44 bits per heavy atom. The molecule has 0 saturated carbocycles. The normalized spacial score (nSPS) is 12.0. The van der Waals surface area contributed by atoms with Gasteiger partial charge >= 0.3 is 0 Å². The van der Waals surface area contributed by atoms with E-state index in [9.17, 15) is 4.79 Å². The lowest BCUT2D eigenvalue weighted by molar-refractivity contribution is -0.110. The molecule has 1 nitrogen and oxygen atoms in total. The second-order valence-corrected chi connectivity index (χ2v) is 2.43. The van der Waals surface area contributed by atoms with Crippen LogP contribution in [0.5, 0.6) is 0 Å². The van der Waals surface area contributed by atoms with Crippen LogP contribution >= 0.6 is 12.6 Å². The lowest BCUT2D eigenvalue weighted by Gasteiger charge is -1.97. The Hall–Kier alpha value is -0.550. The molecule has 0 amide bonds. The molecule has 0 aromatic carbocycles. The zero-order valence-corrected chi connectivity index (χ0v) is 6.20. The largest absolute Gasteiger partial charge is 0.282 e. The Morgan fingerprint density at radius 1 is 1.89 bits per heavy atom. The van der Waals surface area contributed by atoms with Crippen molar-refractivity contribution in [1.82, 2.24) is 0 Å². The van der Waals surface area contributed by atoms with Gasteiger partial charge in [0, 0.05) is 12.3 Å². The van der Waals surface area contributed by atoms with Crippen LogP contribution in [0, 0.1) is 18.3 Å². The number of hydrogen-bond donors (Lipinski definition) is 0. The Morgan fingerprint density at radius 3 is 2.78 bits per heavy atom. The van der Waals surface area contributed by atoms with Crippen LogP contribution in [-0.2, 0) is 4.79 Å². The topological polar surface area (TPSA) is 17.1 Å². The van der Waals surface area contributed by atoms with Gasteiger partial charge in [-0.3, -0.25) is 4.79 Å². The van der Waals surface area contributed by atoms with E-state index in [0.717, 1.165) is 6.42 Å². The molecular weight excluding hydrogens is 132 g/mol. The highest BCUT2D eigenvalue weighted by Gasteiger charge is 1.99. The lowest BCUT2D eigenvalue weighted by Crippen LogP contribution is -1.93. The van der Waals surface area contributed by atoms with E-state index in [0.29, 0.717) is 6.42 Å². The molecule has 0 rings (SSSR count). The Kier molecular flexibility index (Phi) is 4.08. The van der Waals surface area contributed by atoms with E-state index in [-0.39, 0.29) is 11.0 Å². The van der Waals surface area contributed by atoms with Crippen molar-refractivity contribution >= 4 is 17.7 Å². The zero-order valence-electron chi connectivity index (χ0n) is 5.39. The van der Waals surface area contributed by atoms with E-state index >= 15 is 0 Å². The summed E-state index contributed by atoms with van der Waals surface area (Å²) in [5.74, 6) is 2.70. The first-order chi connectivity index (χ1) is 4.16. The number of carbonyl (C=O) groups is 1. The average Bonchev–Trinajstić information content (AvgIpc) is 1.83. The highest BCUT2D eigenvalue weighted by Crippen LogP contribution is 2.04. The summed E-state index contributed by atoms with van der Waals surface area (Å²) < 4.78 is 0. The molecule has 2 heteroatoms. The maximum absolute atomic E-state index is 10.2. The van der Waals surface area contributed by atoms with Crippen LogP contribution in [0.1, 0.15) is 19.8 Å². The molecule has 0 aromatic rings. The summed E-state index contributed by atoms with van der Waals surface area (Å²) >= 11 is 4.34. The molecule has 0 aliphatic heterocycles. The van der Waals surface area contributed by atoms with Gasteiger partial charge in [0.05, 0.1) is 0 Å². The molecule has 0 N–H and O–H groups in total. The van der Waals surface area contributed by atoms with Crippen LogP contribution < -0.4 is 0 Å². The van der Waals surface area contributed by atoms with Gasteiger partial charge in [0.25, 0.3) is 0 Å². The van der Waals surface area contributed by atoms with Gasteiger partial charge in [-0.25, -0.2) is 0 Å². The lowest BCUT2D eigenvalue weighted by atomic mass is 10.1. The van der Waals surface area contributed by atoms with E-state index in [1.165, 1.54) is 0 Å². The maximum atomic E-state index is 10.2. The van der Waals surface area contributed by atoms with Crippen LogP contribution in [0.4, 0.5) is 0 Å². The first-order valence-corrected chi connectivity index (χ1v) is 3.23. The fourth-order valence-electron chi connectivity index (χ4n) is 0.418. The van der Waals surface area contributed by atoms with Crippen molar-refractivity contribution in [2.24, 2.45) is 5.92 Å². The molecule has 1 radical (unpaired) electrons. The summed E-state index contributed by atoms with van der Waals surface area (Å²) in [7, 11) is 0. The Labute approximate surface area is 61.2 Å². The standard InChI is InChI=1S/C7H9OS/c1-3-6(2)4-5-7(8)9/h1,6H,4-5H2,2H3. The number of carbonyl (C=O) groups excluding carboxylic acids is 1. The molecule has 9 heavy (non-hydrogen) atoms. The molecule has 0 heterocycles. The van der Waals surface area contributed by atoms with Crippen LogP contribution in [0.25, 0.3) is 0 Å². The summed E-state index contributed by atoms with van der Waals surface area (Å²) in [5.41, 5.74) is 0. The number of hydrogen-bond acceptors (Lipinski definition) is 1. The van der Waals surface area contributed by atoms with Crippen LogP contribution in [-0.4, -0.2) is 5.12 Å². The van der Waals surface area contributed by atoms with E-state index in [1.807, 2.05) is 6.92 Å². The monoisotopic (exact) mass is 141 g/mol. The molecule has 0 bridgehead atoms. The minimum Gasteiger partial charge on any atom is -0.282 e. The minimum absolute atomic E-state index is 0.178. The molecule has 0 fully saturated rings. The molecule has 0 aromatic heterocycles. The van der Waals surface area contributed by atoms with Crippen LogP contribution in [0.3, 0.4) is 0 Å². The third-order valence-corrected chi connectivity index (χ3v) is 1.27. The highest BCUT2D eigenvalue weighted by atomic mass is 32.1. The van der Waals surface area contributed by atoms with Crippen LogP contribution in [0.15, 0.2) is 0 Å². The van der Waals surface area contributed by atoms with Crippen molar-refractivity contribution < 1.29 is 4.79 Å². The SMILES string of the molecule is C#CC(C)CCC(=O)[S]. The van der Waals surface area contributed by atoms with E-state index in [2.05, 4.69) is 18.5 Å². The summed E-state index contributed by atoms with van der Waals surface area (Å²) in [6.07, 6.45) is 6.22. The van der Waals surface area contributed by atoms with Gasteiger partial charge in [-0.05, 0) is 19.0 Å². The van der Waals surface area contributed by atoms with Crippen molar-refractivity contribution in [3.8, 4) is 12.3 Å². The van der Waals surface area contributed by atoms with Gasteiger partial charge in [-0.2, -0.15) is 0 Å². The van der Waals surface area contributed by atoms with Crippen molar-refractivity contribution in [2.45, 2.75) is 19.8 Å².